The lowest BCUT2D eigenvalue weighted by atomic mass is 10.0. The summed E-state index contributed by atoms with van der Waals surface area (Å²) in [7, 11) is 0. The Balaban J connectivity index is 2.06. The molecule has 0 bridgehead atoms. The van der Waals surface area contributed by atoms with Gasteiger partial charge in [-0.25, -0.2) is 4.79 Å². The molecule has 0 aromatic heterocycles. The number of hydrogen-bond acceptors (Lipinski definition) is 7. The van der Waals surface area contributed by atoms with Crippen molar-refractivity contribution in [1.82, 2.24) is 15.5 Å². The number of carbonyl (C=O) groups is 5. The number of amides is 4. The largest absolute Gasteiger partial charge is 0.480 e. The molecular weight excluding hydrogens is 468 g/mol. The number of likely N-dealkylation sites (tertiary alicyclic amines) is 1. The summed E-state index contributed by atoms with van der Waals surface area (Å²) in [5, 5.41) is 14.2. The van der Waals surface area contributed by atoms with Crippen molar-refractivity contribution in [1.29, 1.82) is 0 Å². The lowest BCUT2D eigenvalue weighted by Gasteiger charge is -2.28. The lowest BCUT2D eigenvalue weighted by molar-refractivity contribution is -0.143. The number of carbonyl (C=O) groups excluding carboxylic acids is 4. The molecule has 1 heterocycles. The third-order valence-electron chi connectivity index (χ3n) is 6.05. The van der Waals surface area contributed by atoms with Crippen LogP contribution in [0.15, 0.2) is 30.3 Å². The van der Waals surface area contributed by atoms with E-state index < -0.39 is 60.2 Å². The van der Waals surface area contributed by atoms with E-state index in [2.05, 4.69) is 10.6 Å². The quantitative estimate of drug-likeness (QED) is 0.166. The maximum atomic E-state index is 13.1. The fourth-order valence-electron chi connectivity index (χ4n) is 4.17. The average Bonchev–Trinajstić information content (AvgIpc) is 3.32. The van der Waals surface area contributed by atoms with E-state index in [9.17, 15) is 29.1 Å². The Morgan fingerprint density at radius 1 is 1.06 bits per heavy atom. The summed E-state index contributed by atoms with van der Waals surface area (Å²) in [5.74, 6) is -3.97. The van der Waals surface area contributed by atoms with Gasteiger partial charge < -0.3 is 37.8 Å². The Morgan fingerprint density at radius 3 is 2.36 bits per heavy atom. The first-order valence-electron chi connectivity index (χ1n) is 12.1. The fourth-order valence-corrected chi connectivity index (χ4v) is 4.17. The molecule has 4 unspecified atom stereocenters. The zero-order valence-electron chi connectivity index (χ0n) is 20.2. The first-order chi connectivity index (χ1) is 17.1. The van der Waals surface area contributed by atoms with E-state index in [1.807, 2.05) is 30.3 Å². The SMILES string of the molecule is NCCCCC(NC(=O)C(CC(N)=O)NC(=O)C1CCCN1C(=O)C(N)Cc1ccccc1)C(=O)O. The number of aliphatic carboxylic acids is 1. The Hall–Kier alpha value is -3.51. The Labute approximate surface area is 209 Å². The Bertz CT molecular complexity index is 927. The van der Waals surface area contributed by atoms with Gasteiger partial charge in [0.2, 0.25) is 23.6 Å². The van der Waals surface area contributed by atoms with Crippen LogP contribution in [-0.2, 0) is 30.4 Å². The second kappa shape index (κ2) is 14.1. The van der Waals surface area contributed by atoms with Gasteiger partial charge >= 0.3 is 5.97 Å². The number of unbranched alkanes of at least 4 members (excludes halogenated alkanes) is 1. The van der Waals surface area contributed by atoms with Crippen molar-refractivity contribution in [2.24, 2.45) is 17.2 Å². The van der Waals surface area contributed by atoms with E-state index in [1.165, 1.54) is 4.90 Å². The van der Waals surface area contributed by atoms with Gasteiger partial charge in [0.15, 0.2) is 0 Å². The van der Waals surface area contributed by atoms with Crippen LogP contribution in [0.25, 0.3) is 0 Å². The van der Waals surface area contributed by atoms with Crippen LogP contribution in [0, 0.1) is 0 Å². The highest BCUT2D eigenvalue weighted by Crippen LogP contribution is 2.19. The van der Waals surface area contributed by atoms with Crippen molar-refractivity contribution in [3.63, 3.8) is 0 Å². The molecule has 0 radical (unpaired) electrons. The van der Waals surface area contributed by atoms with Gasteiger partial charge in [0, 0.05) is 6.54 Å². The lowest BCUT2D eigenvalue weighted by Crippen LogP contribution is -2.57. The summed E-state index contributed by atoms with van der Waals surface area (Å²) >= 11 is 0. The minimum atomic E-state index is -1.39. The molecule has 0 aliphatic carbocycles. The van der Waals surface area contributed by atoms with E-state index in [4.69, 9.17) is 17.2 Å². The van der Waals surface area contributed by atoms with Crippen molar-refractivity contribution in [3.05, 3.63) is 35.9 Å². The first kappa shape index (κ1) is 28.7. The number of rotatable bonds is 14. The number of nitrogens with one attached hydrogen (secondary N) is 2. The van der Waals surface area contributed by atoms with Crippen LogP contribution in [0.2, 0.25) is 0 Å². The van der Waals surface area contributed by atoms with Gasteiger partial charge in [0.25, 0.3) is 0 Å². The van der Waals surface area contributed by atoms with E-state index in [0.717, 1.165) is 5.56 Å². The number of carboxylic acid groups (broad SMARTS) is 1. The predicted octanol–water partition coefficient (Wildman–Crippen LogP) is -1.39. The van der Waals surface area contributed by atoms with Crippen LogP contribution >= 0.6 is 0 Å². The number of benzene rings is 1. The van der Waals surface area contributed by atoms with Gasteiger partial charge in [-0.15, -0.1) is 0 Å². The summed E-state index contributed by atoms with van der Waals surface area (Å²) in [6.07, 6.45) is 1.90. The fraction of sp³-hybridized carbons (Fsp3) is 0.542. The van der Waals surface area contributed by atoms with Crippen LogP contribution in [0.4, 0.5) is 0 Å². The van der Waals surface area contributed by atoms with Crippen LogP contribution in [0.1, 0.15) is 44.1 Å². The molecule has 9 N–H and O–H groups in total. The average molecular weight is 505 g/mol. The van der Waals surface area contributed by atoms with E-state index in [-0.39, 0.29) is 6.42 Å². The molecule has 2 rings (SSSR count). The van der Waals surface area contributed by atoms with Crippen molar-refractivity contribution in [3.8, 4) is 0 Å². The van der Waals surface area contributed by atoms with Gasteiger partial charge in [0.05, 0.1) is 12.5 Å². The number of hydrogen-bond donors (Lipinski definition) is 6. The Morgan fingerprint density at radius 2 is 1.75 bits per heavy atom. The molecule has 4 atom stereocenters. The third kappa shape index (κ3) is 8.61. The molecule has 198 valence electrons. The highest BCUT2D eigenvalue weighted by molar-refractivity contribution is 5.96. The van der Waals surface area contributed by atoms with Crippen LogP contribution in [0.5, 0.6) is 0 Å². The topological polar surface area (TPSA) is 211 Å². The maximum Gasteiger partial charge on any atom is 0.326 e. The second-order valence-corrected chi connectivity index (χ2v) is 8.90. The third-order valence-corrected chi connectivity index (χ3v) is 6.05. The van der Waals surface area contributed by atoms with Crippen molar-refractivity contribution in [2.75, 3.05) is 13.1 Å². The minimum absolute atomic E-state index is 0.139. The standard InChI is InChI=1S/C24H36N6O6/c25-11-5-4-9-17(24(35)36)28-21(32)18(14-20(27)31)29-22(33)19-10-6-12-30(19)23(34)16(26)13-15-7-2-1-3-8-15/h1-3,7-8,16-19H,4-6,9-14,25-26H2,(H2,27,31)(H,28,32)(H,29,33)(H,35,36). The first-order valence-corrected chi connectivity index (χ1v) is 12.1. The maximum absolute atomic E-state index is 13.1. The van der Waals surface area contributed by atoms with Gasteiger partial charge in [-0.2, -0.15) is 0 Å². The van der Waals surface area contributed by atoms with Crippen LogP contribution < -0.4 is 27.8 Å². The molecule has 0 spiro atoms. The van der Waals surface area contributed by atoms with Gasteiger partial charge in [-0.1, -0.05) is 30.3 Å². The molecule has 1 aromatic rings. The highest BCUT2D eigenvalue weighted by Gasteiger charge is 2.38. The minimum Gasteiger partial charge on any atom is -0.480 e. The Kier molecular flexibility index (Phi) is 11.3. The monoisotopic (exact) mass is 504 g/mol. The van der Waals surface area contributed by atoms with Gasteiger partial charge in [-0.05, 0) is 50.6 Å². The van der Waals surface area contributed by atoms with E-state index >= 15 is 0 Å². The molecule has 4 amide bonds. The molecule has 1 aliphatic heterocycles. The number of primary amides is 1. The zero-order chi connectivity index (χ0) is 26.7. The molecule has 1 aromatic carbocycles. The number of carboxylic acids is 1. The summed E-state index contributed by atoms with van der Waals surface area (Å²) in [5.41, 5.74) is 17.7. The van der Waals surface area contributed by atoms with E-state index in [1.54, 1.807) is 0 Å². The summed E-state index contributed by atoms with van der Waals surface area (Å²) in [6, 6.07) is 4.93. The predicted molar refractivity (Wildman–Crippen MR) is 131 cm³/mol. The number of nitrogens with two attached hydrogens (primary N) is 3. The molecule has 12 heteroatoms. The summed E-state index contributed by atoms with van der Waals surface area (Å²) in [4.78, 5) is 63.3. The van der Waals surface area contributed by atoms with Crippen molar-refractivity contribution in [2.45, 2.75) is 69.1 Å². The summed E-state index contributed by atoms with van der Waals surface area (Å²) in [6.45, 7) is 0.709. The van der Waals surface area contributed by atoms with Crippen molar-refractivity contribution < 1.29 is 29.1 Å². The molecule has 0 saturated carbocycles. The zero-order valence-corrected chi connectivity index (χ0v) is 20.2. The van der Waals surface area contributed by atoms with Crippen molar-refractivity contribution >= 4 is 29.6 Å². The molecule has 1 saturated heterocycles. The second-order valence-electron chi connectivity index (χ2n) is 8.90. The highest BCUT2D eigenvalue weighted by atomic mass is 16.4. The normalized spacial score (nSPS) is 17.6. The van der Waals surface area contributed by atoms with Gasteiger partial charge in [0.1, 0.15) is 18.1 Å². The van der Waals surface area contributed by atoms with Crippen LogP contribution in [0.3, 0.4) is 0 Å². The molecule has 1 fully saturated rings. The molecular formula is C24H36N6O6. The molecule has 12 nitrogen and oxygen atoms in total. The number of nitrogens with zero attached hydrogens (tertiary/aromatic N) is 1. The van der Waals surface area contributed by atoms with E-state index in [0.29, 0.717) is 45.2 Å². The summed E-state index contributed by atoms with van der Waals surface area (Å²) < 4.78 is 0. The smallest absolute Gasteiger partial charge is 0.326 e. The molecule has 1 aliphatic rings. The molecule has 36 heavy (non-hydrogen) atoms. The van der Waals surface area contributed by atoms with Gasteiger partial charge in [-0.3, -0.25) is 19.2 Å². The van der Waals surface area contributed by atoms with Crippen LogP contribution in [-0.4, -0.2) is 76.9 Å².